The number of hydrogen-bond donors (Lipinski definition) is 0. The molecule has 1 unspecified atom stereocenters. The fraction of sp³-hybridized carbons (Fsp3) is 0.489. The highest BCUT2D eigenvalue weighted by molar-refractivity contribution is 9.10. The Morgan fingerprint density at radius 1 is 0.745 bits per heavy atom. The maximum atomic E-state index is 6.23. The number of benzene rings is 2. The van der Waals surface area contributed by atoms with Crippen LogP contribution in [0.5, 0.6) is 0 Å². The molecular weight excluding hydrogens is 710 g/mol. The molecule has 1 aliphatic heterocycles. The second-order valence-electron chi connectivity index (χ2n) is 14.6. The highest BCUT2D eigenvalue weighted by Crippen LogP contribution is 2.40. The minimum atomic E-state index is -1.91. The maximum Gasteiger partial charge on any atom is 0.158 e. The van der Waals surface area contributed by atoms with E-state index in [1.165, 1.54) is 19.3 Å². The van der Waals surface area contributed by atoms with Crippen LogP contribution in [-0.4, -0.2) is 32.6 Å². The van der Waals surface area contributed by atoms with Gasteiger partial charge in [-0.2, -0.15) is 0 Å². The molecule has 0 spiro atoms. The van der Waals surface area contributed by atoms with Crippen LogP contribution in [0.2, 0.25) is 16.6 Å². The van der Waals surface area contributed by atoms with Crippen LogP contribution in [0.1, 0.15) is 132 Å². The van der Waals surface area contributed by atoms with Gasteiger partial charge < -0.3 is 14.2 Å². The third-order valence-electron chi connectivity index (χ3n) is 9.69. The lowest BCUT2D eigenvalue weighted by Gasteiger charge is -2.38. The van der Waals surface area contributed by atoms with E-state index in [-0.39, 0.29) is 6.29 Å². The van der Waals surface area contributed by atoms with Crippen LogP contribution in [0, 0.1) is 35.1 Å². The fourth-order valence-electron chi connectivity index (χ4n) is 7.04. The normalized spacial score (nSPS) is 14.5. The summed E-state index contributed by atoms with van der Waals surface area (Å²) in [7, 11) is -1.91. The summed E-state index contributed by atoms with van der Waals surface area (Å²) in [5.41, 5.74) is 12.3. The van der Waals surface area contributed by atoms with Crippen LogP contribution in [0.15, 0.2) is 59.3 Å². The molecular formula is C45H56BrNO3Si. The number of unbranched alkanes of at least 4 members (excludes halogenated alkanes) is 3. The SMILES string of the molecule is CCCCCCOCc1cc(C#Cc2ccc(Br)nc2)cc(C#Cc2cc(C#C[Si](C(C)C)(C(C)C)C(C)C)cc(COC3CCCCO3)c2)c1. The van der Waals surface area contributed by atoms with Crippen molar-refractivity contribution in [2.45, 2.75) is 130 Å². The molecule has 0 amide bonds. The van der Waals surface area contributed by atoms with Gasteiger partial charge in [0.25, 0.3) is 0 Å². The Hall–Kier alpha value is -3.15. The zero-order valence-electron chi connectivity index (χ0n) is 31.8. The molecule has 2 aromatic carbocycles. The first-order valence-corrected chi connectivity index (χ1v) is 21.9. The van der Waals surface area contributed by atoms with Gasteiger partial charge in [-0.15, -0.1) is 5.54 Å². The average Bonchev–Trinajstić information content (AvgIpc) is 3.11. The summed E-state index contributed by atoms with van der Waals surface area (Å²) in [6, 6.07) is 16.6. The Morgan fingerprint density at radius 2 is 1.33 bits per heavy atom. The van der Waals surface area contributed by atoms with E-state index in [1.54, 1.807) is 6.20 Å². The number of hydrogen-bond acceptors (Lipinski definition) is 4. The van der Waals surface area contributed by atoms with Crippen molar-refractivity contribution in [1.82, 2.24) is 4.98 Å². The van der Waals surface area contributed by atoms with Crippen LogP contribution >= 0.6 is 15.9 Å². The number of nitrogens with zero attached hydrogens (tertiary/aromatic N) is 1. The summed E-state index contributed by atoms with van der Waals surface area (Å²) in [6.07, 6.45) is 9.50. The minimum Gasteiger partial charge on any atom is -0.377 e. The Bertz CT molecular complexity index is 1720. The molecule has 3 aromatic rings. The summed E-state index contributed by atoms with van der Waals surface area (Å²) in [6.45, 7) is 18.8. The summed E-state index contributed by atoms with van der Waals surface area (Å²) < 4.78 is 19.0. The van der Waals surface area contributed by atoms with Gasteiger partial charge in [0.1, 0.15) is 12.7 Å². The highest BCUT2D eigenvalue weighted by atomic mass is 79.9. The Labute approximate surface area is 318 Å². The van der Waals surface area contributed by atoms with Crippen molar-refractivity contribution in [3.8, 4) is 35.1 Å². The molecule has 1 aromatic heterocycles. The van der Waals surface area contributed by atoms with E-state index < -0.39 is 8.07 Å². The molecule has 0 aliphatic carbocycles. The van der Waals surface area contributed by atoms with Gasteiger partial charge in [0.05, 0.1) is 13.2 Å². The number of pyridine rings is 1. The second-order valence-corrected chi connectivity index (χ2v) is 21.0. The molecule has 0 radical (unpaired) electrons. The van der Waals surface area contributed by atoms with Gasteiger partial charge in [0, 0.05) is 47.2 Å². The number of rotatable bonds is 13. The monoisotopic (exact) mass is 765 g/mol. The molecule has 0 saturated carbocycles. The molecule has 51 heavy (non-hydrogen) atoms. The van der Waals surface area contributed by atoms with Crippen molar-refractivity contribution in [3.05, 3.63) is 98.3 Å². The van der Waals surface area contributed by atoms with Crippen LogP contribution in [0.3, 0.4) is 0 Å². The van der Waals surface area contributed by atoms with Crippen molar-refractivity contribution in [2.75, 3.05) is 13.2 Å². The third-order valence-corrected chi connectivity index (χ3v) is 16.4. The molecule has 270 valence electrons. The topological polar surface area (TPSA) is 40.6 Å². The standard InChI is InChI=1S/C45H56BrNO3Si/c1-8-9-10-12-22-48-32-42-27-38(16-15-37-19-20-44(46)47-31-37)25-39(28-42)17-18-40-26-41(21-24-51(34(2)3,35(4)5)36(6)7)30-43(29-40)33-50-45-14-11-13-23-49-45/h19-20,25-31,34-36,45H,8-14,22-23,32-33H2,1-7H3. The summed E-state index contributed by atoms with van der Waals surface area (Å²) >= 11 is 3.40. The van der Waals surface area contributed by atoms with Crippen molar-refractivity contribution >= 4 is 24.0 Å². The largest absolute Gasteiger partial charge is 0.377 e. The van der Waals surface area contributed by atoms with E-state index >= 15 is 0 Å². The Kier molecular flexibility index (Phi) is 16.5. The predicted octanol–water partition coefficient (Wildman–Crippen LogP) is 11.4. The first kappa shape index (κ1) is 40.6. The van der Waals surface area contributed by atoms with E-state index in [2.05, 4.69) is 141 Å². The number of aromatic nitrogens is 1. The van der Waals surface area contributed by atoms with E-state index in [9.17, 15) is 0 Å². The first-order chi connectivity index (χ1) is 24.6. The smallest absolute Gasteiger partial charge is 0.158 e. The van der Waals surface area contributed by atoms with Crippen LogP contribution in [0.4, 0.5) is 0 Å². The van der Waals surface area contributed by atoms with Gasteiger partial charge in [-0.1, -0.05) is 97.3 Å². The molecule has 1 saturated heterocycles. The molecule has 4 nitrogen and oxygen atoms in total. The summed E-state index contributed by atoms with van der Waals surface area (Å²) in [5, 5.41) is 0. The van der Waals surface area contributed by atoms with Gasteiger partial charge in [0.2, 0.25) is 0 Å². The molecule has 0 N–H and O–H groups in total. The van der Waals surface area contributed by atoms with Gasteiger partial charge in [0.15, 0.2) is 6.29 Å². The lowest BCUT2D eigenvalue weighted by atomic mass is 10.0. The van der Waals surface area contributed by atoms with Crippen LogP contribution < -0.4 is 0 Å². The molecule has 1 atom stereocenters. The lowest BCUT2D eigenvalue weighted by Crippen LogP contribution is -2.43. The highest BCUT2D eigenvalue weighted by Gasteiger charge is 2.41. The Balaban J connectivity index is 1.69. The molecule has 1 fully saturated rings. The quantitative estimate of drug-likeness (QED) is 0.0752. The lowest BCUT2D eigenvalue weighted by molar-refractivity contribution is -0.168. The van der Waals surface area contributed by atoms with Crippen LogP contribution in [0.25, 0.3) is 0 Å². The van der Waals surface area contributed by atoms with Crippen molar-refractivity contribution < 1.29 is 14.2 Å². The number of ether oxygens (including phenoxy) is 3. The molecule has 2 heterocycles. The molecule has 1 aliphatic rings. The maximum absolute atomic E-state index is 6.23. The van der Waals surface area contributed by atoms with Gasteiger partial charge in [-0.25, -0.2) is 4.98 Å². The van der Waals surface area contributed by atoms with E-state index in [0.717, 1.165) is 82.4 Å². The molecule has 0 bridgehead atoms. The van der Waals surface area contributed by atoms with Gasteiger partial charge >= 0.3 is 0 Å². The Morgan fingerprint density at radius 3 is 1.86 bits per heavy atom. The van der Waals surface area contributed by atoms with E-state index in [0.29, 0.717) is 29.8 Å². The van der Waals surface area contributed by atoms with Gasteiger partial charge in [-0.05, 0) is 118 Å². The van der Waals surface area contributed by atoms with Crippen molar-refractivity contribution in [2.24, 2.45) is 0 Å². The predicted molar refractivity (Wildman–Crippen MR) is 217 cm³/mol. The fourth-order valence-corrected chi connectivity index (χ4v) is 12.5. The zero-order chi connectivity index (χ0) is 36.6. The third kappa shape index (κ3) is 12.8. The zero-order valence-corrected chi connectivity index (χ0v) is 34.4. The van der Waals surface area contributed by atoms with E-state index in [1.807, 2.05) is 12.1 Å². The first-order valence-electron chi connectivity index (χ1n) is 18.9. The summed E-state index contributed by atoms with van der Waals surface area (Å²) in [4.78, 5) is 4.31. The van der Waals surface area contributed by atoms with Gasteiger partial charge in [-0.3, -0.25) is 0 Å². The second kappa shape index (κ2) is 20.8. The van der Waals surface area contributed by atoms with Crippen molar-refractivity contribution in [3.63, 3.8) is 0 Å². The molecule has 6 heteroatoms. The summed E-state index contributed by atoms with van der Waals surface area (Å²) in [5.74, 6) is 17.2. The van der Waals surface area contributed by atoms with Crippen molar-refractivity contribution in [1.29, 1.82) is 0 Å². The number of halogens is 1. The van der Waals surface area contributed by atoms with Crippen LogP contribution in [-0.2, 0) is 27.4 Å². The average molecular weight is 767 g/mol. The van der Waals surface area contributed by atoms with E-state index in [4.69, 9.17) is 14.2 Å². The minimum absolute atomic E-state index is 0.157. The molecule has 4 rings (SSSR count).